The summed E-state index contributed by atoms with van der Waals surface area (Å²) in [5.41, 5.74) is 1.78. The summed E-state index contributed by atoms with van der Waals surface area (Å²) < 4.78 is 5.44. The first-order valence-electron chi connectivity index (χ1n) is 8.62. The molecule has 2 heterocycles. The van der Waals surface area contributed by atoms with Gasteiger partial charge in [0.25, 0.3) is 0 Å². The van der Waals surface area contributed by atoms with Gasteiger partial charge in [0, 0.05) is 38.5 Å². The normalized spacial score (nSPS) is 12.0. The summed E-state index contributed by atoms with van der Waals surface area (Å²) in [5, 5.41) is 22.7. The topological polar surface area (TPSA) is 98.8 Å². The van der Waals surface area contributed by atoms with Crippen molar-refractivity contribution in [1.29, 1.82) is 0 Å². The molecule has 1 aromatic carbocycles. The molecule has 0 aliphatic heterocycles. The third-order valence-corrected chi connectivity index (χ3v) is 4.08. The number of aliphatic hydroxyl groups excluding tert-OH is 2. The number of benzene rings is 1. The van der Waals surface area contributed by atoms with Crippen LogP contribution in [0.5, 0.6) is 0 Å². The fourth-order valence-electron chi connectivity index (χ4n) is 2.64. The molecule has 0 saturated heterocycles. The van der Waals surface area contributed by atoms with E-state index in [2.05, 4.69) is 15.1 Å². The van der Waals surface area contributed by atoms with Crippen LogP contribution in [-0.2, 0) is 6.54 Å². The first-order valence-corrected chi connectivity index (χ1v) is 8.62. The van der Waals surface area contributed by atoms with Crippen molar-refractivity contribution < 1.29 is 14.7 Å². The molecule has 8 nitrogen and oxygen atoms in total. The fraction of sp³-hybridized carbons (Fsp3) is 0.316. The van der Waals surface area contributed by atoms with Crippen molar-refractivity contribution in [2.75, 3.05) is 37.0 Å². The molecule has 3 aromatic rings. The van der Waals surface area contributed by atoms with Gasteiger partial charge in [-0.2, -0.15) is 4.98 Å². The van der Waals surface area contributed by atoms with Crippen LogP contribution in [0.25, 0.3) is 11.3 Å². The lowest BCUT2D eigenvalue weighted by Gasteiger charge is -2.22. The summed E-state index contributed by atoms with van der Waals surface area (Å²) >= 11 is 0. The van der Waals surface area contributed by atoms with Gasteiger partial charge in [0.1, 0.15) is 11.5 Å². The van der Waals surface area contributed by atoms with Gasteiger partial charge in [-0.05, 0) is 6.07 Å². The van der Waals surface area contributed by atoms with Crippen LogP contribution in [0.3, 0.4) is 0 Å². The van der Waals surface area contributed by atoms with Crippen molar-refractivity contribution in [2.24, 2.45) is 0 Å². The molecule has 2 N–H and O–H groups in total. The summed E-state index contributed by atoms with van der Waals surface area (Å²) in [6.07, 6.45) is 0.836. The van der Waals surface area contributed by atoms with E-state index in [0.717, 1.165) is 11.3 Å². The molecule has 0 spiro atoms. The maximum absolute atomic E-state index is 9.59. The van der Waals surface area contributed by atoms with Gasteiger partial charge < -0.3 is 24.5 Å². The quantitative estimate of drug-likeness (QED) is 0.617. The smallest absolute Gasteiger partial charge is 0.227 e. The molecule has 0 saturated carbocycles. The Labute approximate surface area is 157 Å². The molecule has 2 aromatic heterocycles. The van der Waals surface area contributed by atoms with Crippen molar-refractivity contribution in [3.8, 4) is 11.3 Å². The maximum atomic E-state index is 9.59. The van der Waals surface area contributed by atoms with Crippen LogP contribution in [0.4, 0.5) is 11.8 Å². The Morgan fingerprint density at radius 2 is 1.89 bits per heavy atom. The summed E-state index contributed by atoms with van der Waals surface area (Å²) in [6, 6.07) is 13.5. The van der Waals surface area contributed by atoms with Crippen LogP contribution in [0.1, 0.15) is 5.76 Å². The number of aromatic nitrogens is 3. The molecular formula is C19H23N5O3. The molecule has 8 heteroatoms. The summed E-state index contributed by atoms with van der Waals surface area (Å²) in [5.74, 6) is 1.88. The zero-order chi connectivity index (χ0) is 19.2. The number of nitrogens with zero attached hydrogens (tertiary/aromatic N) is 5. The van der Waals surface area contributed by atoms with Crippen LogP contribution in [-0.4, -0.2) is 58.7 Å². The molecule has 1 atom stereocenters. The van der Waals surface area contributed by atoms with E-state index in [0.29, 0.717) is 24.1 Å². The van der Waals surface area contributed by atoms with Gasteiger partial charge in [-0.1, -0.05) is 35.5 Å². The predicted molar refractivity (Wildman–Crippen MR) is 102 cm³/mol. The first-order chi connectivity index (χ1) is 13.1. The number of hydrogen-bond donors (Lipinski definition) is 2. The third-order valence-electron chi connectivity index (χ3n) is 4.08. The SMILES string of the molecule is CN(C[C@H](O)CO)c1ccnc(N(C)Cc2cc(-c3ccccc3)no2)n1. The van der Waals surface area contributed by atoms with Crippen LogP contribution >= 0.6 is 0 Å². The Balaban J connectivity index is 1.69. The lowest BCUT2D eigenvalue weighted by atomic mass is 10.1. The molecule has 0 fully saturated rings. The second-order valence-electron chi connectivity index (χ2n) is 6.33. The molecule has 0 bridgehead atoms. The van der Waals surface area contributed by atoms with E-state index in [1.165, 1.54) is 0 Å². The van der Waals surface area contributed by atoms with E-state index < -0.39 is 6.10 Å². The lowest BCUT2D eigenvalue weighted by molar-refractivity contribution is 0.101. The summed E-state index contributed by atoms with van der Waals surface area (Å²) in [7, 11) is 3.67. The van der Waals surface area contributed by atoms with Crippen LogP contribution in [0.15, 0.2) is 53.2 Å². The Kier molecular flexibility index (Phi) is 6.00. The van der Waals surface area contributed by atoms with Gasteiger partial charge >= 0.3 is 0 Å². The highest BCUT2D eigenvalue weighted by molar-refractivity contribution is 5.58. The second kappa shape index (κ2) is 8.61. The number of aliphatic hydroxyl groups is 2. The molecule has 0 aliphatic rings. The molecule has 142 valence electrons. The van der Waals surface area contributed by atoms with Gasteiger partial charge in [-0.25, -0.2) is 4.98 Å². The Morgan fingerprint density at radius 3 is 2.63 bits per heavy atom. The van der Waals surface area contributed by atoms with Crippen LogP contribution < -0.4 is 9.80 Å². The number of rotatable bonds is 8. The molecule has 0 unspecified atom stereocenters. The van der Waals surface area contributed by atoms with E-state index in [1.807, 2.05) is 48.3 Å². The zero-order valence-corrected chi connectivity index (χ0v) is 15.4. The van der Waals surface area contributed by atoms with Gasteiger partial charge in [0.2, 0.25) is 5.95 Å². The summed E-state index contributed by atoms with van der Waals surface area (Å²) in [6.45, 7) is 0.447. The standard InChI is InChI=1S/C19H23N5O3/c1-23(11-15(26)13-25)18-8-9-20-19(21-18)24(2)12-16-10-17(22-27-16)14-6-4-3-5-7-14/h3-10,15,25-26H,11-13H2,1-2H3/t15-/m0/s1. The Hall–Kier alpha value is -2.97. The summed E-state index contributed by atoms with van der Waals surface area (Å²) in [4.78, 5) is 12.4. The lowest BCUT2D eigenvalue weighted by Crippen LogP contribution is -2.32. The third kappa shape index (κ3) is 4.81. The van der Waals surface area contributed by atoms with Gasteiger partial charge in [-0.15, -0.1) is 0 Å². The van der Waals surface area contributed by atoms with Gasteiger partial charge in [0.05, 0.1) is 19.3 Å². The second-order valence-corrected chi connectivity index (χ2v) is 6.33. The van der Waals surface area contributed by atoms with E-state index in [4.69, 9.17) is 9.63 Å². The van der Waals surface area contributed by atoms with E-state index in [9.17, 15) is 5.11 Å². The molecule has 0 radical (unpaired) electrons. The molecular weight excluding hydrogens is 346 g/mol. The average molecular weight is 369 g/mol. The fourth-order valence-corrected chi connectivity index (χ4v) is 2.64. The highest BCUT2D eigenvalue weighted by Crippen LogP contribution is 2.20. The predicted octanol–water partition coefficient (Wildman–Crippen LogP) is 1.56. The van der Waals surface area contributed by atoms with E-state index >= 15 is 0 Å². The Morgan fingerprint density at radius 1 is 1.11 bits per heavy atom. The molecule has 27 heavy (non-hydrogen) atoms. The van der Waals surface area contributed by atoms with Crippen molar-refractivity contribution >= 4 is 11.8 Å². The first kappa shape index (κ1) is 18.8. The molecule has 0 aliphatic carbocycles. The van der Waals surface area contributed by atoms with E-state index in [1.54, 1.807) is 24.2 Å². The minimum atomic E-state index is -0.822. The largest absolute Gasteiger partial charge is 0.394 e. The highest BCUT2D eigenvalue weighted by atomic mass is 16.5. The average Bonchev–Trinajstić information content (AvgIpc) is 3.17. The van der Waals surface area contributed by atoms with E-state index in [-0.39, 0.29) is 13.2 Å². The van der Waals surface area contributed by atoms with Crippen LogP contribution in [0, 0.1) is 0 Å². The number of likely N-dealkylation sites (N-methyl/N-ethyl adjacent to an activating group) is 1. The number of anilines is 2. The van der Waals surface area contributed by atoms with Crippen molar-refractivity contribution in [3.05, 3.63) is 54.4 Å². The van der Waals surface area contributed by atoms with Crippen molar-refractivity contribution in [3.63, 3.8) is 0 Å². The van der Waals surface area contributed by atoms with Crippen molar-refractivity contribution in [2.45, 2.75) is 12.6 Å². The van der Waals surface area contributed by atoms with Gasteiger partial charge in [0.15, 0.2) is 5.76 Å². The monoisotopic (exact) mass is 369 g/mol. The molecule has 0 amide bonds. The maximum Gasteiger partial charge on any atom is 0.227 e. The zero-order valence-electron chi connectivity index (χ0n) is 15.4. The van der Waals surface area contributed by atoms with Crippen molar-refractivity contribution in [1.82, 2.24) is 15.1 Å². The highest BCUT2D eigenvalue weighted by Gasteiger charge is 2.14. The van der Waals surface area contributed by atoms with Crippen LogP contribution in [0.2, 0.25) is 0 Å². The minimum Gasteiger partial charge on any atom is -0.394 e. The molecule has 3 rings (SSSR count). The minimum absolute atomic E-state index is 0.277. The van der Waals surface area contributed by atoms with Gasteiger partial charge in [-0.3, -0.25) is 0 Å². The number of hydrogen-bond acceptors (Lipinski definition) is 8. The Bertz CT molecular complexity index is 855.